The third-order valence-corrected chi connectivity index (χ3v) is 3.64. The van der Waals surface area contributed by atoms with Crippen LogP contribution in [0.4, 0.5) is 11.4 Å². The molecule has 98 valence electrons. The summed E-state index contributed by atoms with van der Waals surface area (Å²) >= 11 is 0. The predicted octanol–water partition coefficient (Wildman–Crippen LogP) is 2.09. The first-order valence-electron chi connectivity index (χ1n) is 6.29. The number of piperidine rings is 1. The number of nitro benzene ring substituents is 1. The molecule has 1 unspecified atom stereocenters. The molecule has 1 aromatic carbocycles. The number of hydrogen-bond donors (Lipinski definition) is 1. The number of nitro groups is 1. The topological polar surface area (TPSA) is 58.4 Å². The lowest BCUT2D eigenvalue weighted by Gasteiger charge is -2.35. The highest BCUT2D eigenvalue weighted by molar-refractivity contribution is 5.61. The summed E-state index contributed by atoms with van der Waals surface area (Å²) < 4.78 is 0. The van der Waals surface area contributed by atoms with Crippen molar-refractivity contribution < 1.29 is 4.92 Å². The Hall–Kier alpha value is -1.62. The van der Waals surface area contributed by atoms with Gasteiger partial charge < -0.3 is 10.2 Å². The van der Waals surface area contributed by atoms with Gasteiger partial charge in [0.2, 0.25) is 0 Å². The third kappa shape index (κ3) is 2.46. The molecule has 1 aliphatic rings. The fraction of sp³-hybridized carbons (Fsp3) is 0.538. The van der Waals surface area contributed by atoms with Gasteiger partial charge in [0.25, 0.3) is 5.69 Å². The van der Waals surface area contributed by atoms with E-state index in [1.807, 2.05) is 20.0 Å². The van der Waals surface area contributed by atoms with Crippen LogP contribution in [0.3, 0.4) is 0 Å². The first-order chi connectivity index (χ1) is 8.63. The van der Waals surface area contributed by atoms with Gasteiger partial charge in [-0.05, 0) is 32.9 Å². The number of nitrogens with zero attached hydrogens (tertiary/aromatic N) is 2. The average Bonchev–Trinajstić information content (AvgIpc) is 2.38. The van der Waals surface area contributed by atoms with Crippen LogP contribution >= 0.6 is 0 Å². The van der Waals surface area contributed by atoms with Crippen LogP contribution in [0.1, 0.15) is 18.4 Å². The van der Waals surface area contributed by atoms with E-state index < -0.39 is 0 Å². The summed E-state index contributed by atoms with van der Waals surface area (Å²) in [6.45, 7) is 3.72. The van der Waals surface area contributed by atoms with E-state index in [0.29, 0.717) is 6.04 Å². The maximum Gasteiger partial charge on any atom is 0.274 e. The van der Waals surface area contributed by atoms with Crippen molar-refractivity contribution in [1.29, 1.82) is 0 Å². The molecule has 5 heteroatoms. The molecular formula is C13H19N3O2. The zero-order valence-electron chi connectivity index (χ0n) is 10.8. The minimum absolute atomic E-state index is 0.207. The number of nitrogens with one attached hydrogen (secondary N) is 1. The Morgan fingerprint density at radius 1 is 1.50 bits per heavy atom. The van der Waals surface area contributed by atoms with Crippen LogP contribution in [0.25, 0.3) is 0 Å². The van der Waals surface area contributed by atoms with Crippen molar-refractivity contribution in [3.05, 3.63) is 33.9 Å². The van der Waals surface area contributed by atoms with Crippen molar-refractivity contribution in [2.24, 2.45) is 0 Å². The van der Waals surface area contributed by atoms with E-state index in [0.717, 1.165) is 30.8 Å². The van der Waals surface area contributed by atoms with Crippen molar-refractivity contribution in [1.82, 2.24) is 5.32 Å². The molecule has 18 heavy (non-hydrogen) atoms. The minimum atomic E-state index is -0.307. The van der Waals surface area contributed by atoms with Crippen LogP contribution in [0.2, 0.25) is 0 Å². The summed E-state index contributed by atoms with van der Waals surface area (Å²) in [6, 6.07) is 5.78. The number of likely N-dealkylation sites (N-methyl/N-ethyl adjacent to an activating group) is 1. The summed E-state index contributed by atoms with van der Waals surface area (Å²) in [5.74, 6) is 0. The maximum atomic E-state index is 11.0. The van der Waals surface area contributed by atoms with Gasteiger partial charge in [-0.2, -0.15) is 0 Å². The standard InChI is InChI=1S/C13H19N3O2/c1-10-12(6-3-7-13(10)16(17)18)15-8-4-5-11(9-15)14-2/h3,6-7,11,14H,4-5,8-9H2,1-2H3. The first kappa shape index (κ1) is 12.8. The largest absolute Gasteiger partial charge is 0.370 e. The van der Waals surface area contributed by atoms with Gasteiger partial charge in [0.05, 0.1) is 10.5 Å². The lowest BCUT2D eigenvalue weighted by atomic mass is 10.0. The summed E-state index contributed by atoms with van der Waals surface area (Å²) in [4.78, 5) is 12.9. The number of benzene rings is 1. The molecule has 0 saturated carbocycles. The zero-order chi connectivity index (χ0) is 13.1. The molecule has 1 atom stereocenters. The van der Waals surface area contributed by atoms with Gasteiger partial charge in [-0.3, -0.25) is 10.1 Å². The van der Waals surface area contributed by atoms with Crippen LogP contribution in [0.15, 0.2) is 18.2 Å². The van der Waals surface area contributed by atoms with E-state index >= 15 is 0 Å². The third-order valence-electron chi connectivity index (χ3n) is 3.64. The molecule has 0 spiro atoms. The van der Waals surface area contributed by atoms with E-state index in [-0.39, 0.29) is 10.6 Å². The normalized spacial score (nSPS) is 19.9. The van der Waals surface area contributed by atoms with Gasteiger partial charge >= 0.3 is 0 Å². The SMILES string of the molecule is CNC1CCCN(c2cccc([N+](=O)[O-])c2C)C1. The molecule has 1 saturated heterocycles. The van der Waals surface area contributed by atoms with E-state index in [1.165, 1.54) is 6.42 Å². The second-order valence-corrected chi connectivity index (χ2v) is 4.75. The summed E-state index contributed by atoms with van der Waals surface area (Å²) in [6.07, 6.45) is 2.29. The van der Waals surface area contributed by atoms with Crippen molar-refractivity contribution in [3.63, 3.8) is 0 Å². The second kappa shape index (κ2) is 5.35. The molecule has 1 fully saturated rings. The van der Waals surface area contributed by atoms with Crippen LogP contribution < -0.4 is 10.2 Å². The molecule has 0 radical (unpaired) electrons. The molecule has 1 N–H and O–H groups in total. The lowest BCUT2D eigenvalue weighted by molar-refractivity contribution is -0.385. The van der Waals surface area contributed by atoms with Gasteiger partial charge in [0.15, 0.2) is 0 Å². The number of hydrogen-bond acceptors (Lipinski definition) is 4. The zero-order valence-corrected chi connectivity index (χ0v) is 10.8. The van der Waals surface area contributed by atoms with Gasteiger partial charge in [0, 0.05) is 30.9 Å². The Morgan fingerprint density at radius 3 is 2.94 bits per heavy atom. The Bertz CT molecular complexity index is 448. The smallest absolute Gasteiger partial charge is 0.274 e. The van der Waals surface area contributed by atoms with Gasteiger partial charge in [-0.15, -0.1) is 0 Å². The molecule has 0 aromatic heterocycles. The van der Waals surface area contributed by atoms with E-state index in [4.69, 9.17) is 0 Å². The highest BCUT2D eigenvalue weighted by Gasteiger charge is 2.22. The maximum absolute atomic E-state index is 11.0. The lowest BCUT2D eigenvalue weighted by Crippen LogP contribution is -2.44. The Labute approximate surface area is 107 Å². The molecule has 1 aliphatic heterocycles. The van der Waals surface area contributed by atoms with Crippen molar-refractivity contribution in [3.8, 4) is 0 Å². The number of anilines is 1. The predicted molar refractivity (Wildman–Crippen MR) is 72.1 cm³/mol. The molecule has 0 bridgehead atoms. The van der Waals surface area contributed by atoms with Crippen LogP contribution in [-0.4, -0.2) is 31.1 Å². The van der Waals surface area contributed by atoms with Crippen LogP contribution in [-0.2, 0) is 0 Å². The Balaban J connectivity index is 2.27. The Morgan fingerprint density at radius 2 is 2.28 bits per heavy atom. The molecule has 5 nitrogen and oxygen atoms in total. The molecular weight excluding hydrogens is 230 g/mol. The minimum Gasteiger partial charge on any atom is -0.370 e. The van der Waals surface area contributed by atoms with Crippen molar-refractivity contribution in [2.45, 2.75) is 25.8 Å². The summed E-state index contributed by atoms with van der Waals surface area (Å²) in [5, 5.41) is 14.2. The molecule has 2 rings (SSSR count). The van der Waals surface area contributed by atoms with Crippen molar-refractivity contribution in [2.75, 3.05) is 25.0 Å². The van der Waals surface area contributed by atoms with E-state index in [9.17, 15) is 10.1 Å². The molecule has 1 heterocycles. The highest BCUT2D eigenvalue weighted by atomic mass is 16.6. The fourth-order valence-corrected chi connectivity index (χ4v) is 2.58. The van der Waals surface area contributed by atoms with Gasteiger partial charge in [-0.1, -0.05) is 6.07 Å². The monoisotopic (exact) mass is 249 g/mol. The fourth-order valence-electron chi connectivity index (χ4n) is 2.58. The second-order valence-electron chi connectivity index (χ2n) is 4.75. The van der Waals surface area contributed by atoms with Gasteiger partial charge in [0.1, 0.15) is 0 Å². The molecule has 0 aliphatic carbocycles. The first-order valence-corrected chi connectivity index (χ1v) is 6.29. The van der Waals surface area contributed by atoms with Gasteiger partial charge in [-0.25, -0.2) is 0 Å². The molecule has 1 aromatic rings. The van der Waals surface area contributed by atoms with Crippen LogP contribution in [0, 0.1) is 17.0 Å². The summed E-state index contributed by atoms with van der Waals surface area (Å²) in [5.41, 5.74) is 1.96. The molecule has 0 amide bonds. The average molecular weight is 249 g/mol. The number of rotatable bonds is 3. The Kier molecular flexibility index (Phi) is 3.81. The van der Waals surface area contributed by atoms with Crippen molar-refractivity contribution >= 4 is 11.4 Å². The highest BCUT2D eigenvalue weighted by Crippen LogP contribution is 2.29. The quantitative estimate of drug-likeness (QED) is 0.658. The summed E-state index contributed by atoms with van der Waals surface area (Å²) in [7, 11) is 1.97. The van der Waals surface area contributed by atoms with E-state index in [1.54, 1.807) is 12.1 Å². The van der Waals surface area contributed by atoms with E-state index in [2.05, 4.69) is 10.2 Å². The van der Waals surface area contributed by atoms with Crippen LogP contribution in [0.5, 0.6) is 0 Å².